The lowest BCUT2D eigenvalue weighted by Crippen LogP contribution is -2.31. The van der Waals surface area contributed by atoms with Gasteiger partial charge in [-0.25, -0.2) is 0 Å². The first-order valence-electron chi connectivity index (χ1n) is 12.8. The molecule has 0 aliphatic carbocycles. The molecule has 200 valence electrons. The number of Topliss-reactive ketones (excluding diaryl/α,β-unsaturated/α-hetero) is 1. The fourth-order valence-corrected chi connectivity index (χ4v) is 4.36. The van der Waals surface area contributed by atoms with Gasteiger partial charge in [-0.05, 0) is 61.7 Å². The molecule has 0 aromatic heterocycles. The summed E-state index contributed by atoms with van der Waals surface area (Å²) in [5.41, 5.74) is 1.10. The van der Waals surface area contributed by atoms with E-state index in [0.717, 1.165) is 19.3 Å². The number of unbranched alkanes of at least 4 members (excludes halogenated alkanes) is 2. The van der Waals surface area contributed by atoms with Crippen molar-refractivity contribution < 1.29 is 33.6 Å². The number of benzene rings is 2. The van der Waals surface area contributed by atoms with Crippen molar-refractivity contribution in [2.75, 3.05) is 40.6 Å². The maximum absolute atomic E-state index is 13.2. The number of rotatable bonds is 14. The summed E-state index contributed by atoms with van der Waals surface area (Å²) in [6.07, 6.45) is 3.64. The topological polar surface area (TPSA) is 94.5 Å². The second-order valence-electron chi connectivity index (χ2n) is 8.76. The molecule has 1 unspecified atom stereocenters. The van der Waals surface area contributed by atoms with E-state index in [2.05, 4.69) is 6.92 Å². The van der Waals surface area contributed by atoms with E-state index in [1.807, 2.05) is 13.0 Å². The van der Waals surface area contributed by atoms with Crippen molar-refractivity contribution in [2.24, 2.45) is 0 Å². The van der Waals surface area contributed by atoms with E-state index in [4.69, 9.17) is 18.9 Å². The molecule has 1 aliphatic rings. The minimum Gasteiger partial charge on any atom is -0.507 e. The van der Waals surface area contributed by atoms with Gasteiger partial charge in [0.2, 0.25) is 0 Å². The van der Waals surface area contributed by atoms with Crippen LogP contribution in [0.25, 0.3) is 5.76 Å². The number of ketones is 1. The average Bonchev–Trinajstić information content (AvgIpc) is 3.16. The number of aliphatic hydroxyl groups is 1. The van der Waals surface area contributed by atoms with Crippen molar-refractivity contribution in [3.63, 3.8) is 0 Å². The highest BCUT2D eigenvalue weighted by Crippen LogP contribution is 2.42. The van der Waals surface area contributed by atoms with Crippen molar-refractivity contribution >= 4 is 17.4 Å². The summed E-state index contributed by atoms with van der Waals surface area (Å²) in [5.74, 6) is 0.126. The summed E-state index contributed by atoms with van der Waals surface area (Å²) in [4.78, 5) is 27.8. The number of methoxy groups -OCH3 is 2. The Bertz CT molecular complexity index is 1090. The number of amides is 1. The third kappa shape index (κ3) is 6.63. The predicted octanol–water partition coefficient (Wildman–Crippen LogP) is 5.12. The molecule has 8 heteroatoms. The van der Waals surface area contributed by atoms with Crippen molar-refractivity contribution in [1.29, 1.82) is 0 Å². The molecule has 1 aliphatic heterocycles. The molecule has 3 rings (SSSR count). The van der Waals surface area contributed by atoms with Crippen molar-refractivity contribution in [2.45, 2.75) is 45.6 Å². The number of aliphatic hydroxyl groups excluding tert-OH is 1. The second-order valence-corrected chi connectivity index (χ2v) is 8.76. The van der Waals surface area contributed by atoms with Crippen molar-refractivity contribution in [3.8, 4) is 17.2 Å². The van der Waals surface area contributed by atoms with Crippen LogP contribution in [-0.4, -0.2) is 62.3 Å². The molecule has 2 aromatic rings. The van der Waals surface area contributed by atoms with Gasteiger partial charge in [-0.3, -0.25) is 9.59 Å². The van der Waals surface area contributed by atoms with Gasteiger partial charge in [0, 0.05) is 25.8 Å². The quantitative estimate of drug-likeness (QED) is 0.163. The molecule has 1 atom stereocenters. The Labute approximate surface area is 218 Å². The molecule has 2 aromatic carbocycles. The van der Waals surface area contributed by atoms with Crippen molar-refractivity contribution in [1.82, 2.24) is 4.90 Å². The average molecular weight is 512 g/mol. The molecule has 0 radical (unpaired) electrons. The largest absolute Gasteiger partial charge is 0.507 e. The molecule has 0 saturated carbocycles. The van der Waals surface area contributed by atoms with E-state index in [-0.39, 0.29) is 11.3 Å². The summed E-state index contributed by atoms with van der Waals surface area (Å²) in [6.45, 7) is 5.74. The molecule has 1 N–H and O–H groups in total. The molecule has 1 heterocycles. The number of hydrogen-bond acceptors (Lipinski definition) is 7. The van der Waals surface area contributed by atoms with E-state index in [0.29, 0.717) is 61.2 Å². The van der Waals surface area contributed by atoms with Gasteiger partial charge in [-0.15, -0.1) is 0 Å². The minimum absolute atomic E-state index is 0.0339. The molecule has 1 amide bonds. The Hall–Kier alpha value is -3.52. The normalized spacial score (nSPS) is 16.8. The third-order valence-electron chi connectivity index (χ3n) is 6.24. The van der Waals surface area contributed by atoms with Crippen LogP contribution in [0.15, 0.2) is 48.0 Å². The lowest BCUT2D eigenvalue weighted by Gasteiger charge is -2.26. The van der Waals surface area contributed by atoms with Crippen LogP contribution in [-0.2, 0) is 14.3 Å². The summed E-state index contributed by atoms with van der Waals surface area (Å²) >= 11 is 0. The predicted molar refractivity (Wildman–Crippen MR) is 141 cm³/mol. The lowest BCUT2D eigenvalue weighted by molar-refractivity contribution is -0.140. The van der Waals surface area contributed by atoms with Crippen LogP contribution in [0, 0.1) is 0 Å². The van der Waals surface area contributed by atoms with Crippen LogP contribution in [0.1, 0.15) is 56.7 Å². The Kier molecular flexibility index (Phi) is 10.4. The first-order chi connectivity index (χ1) is 18.0. The third-order valence-corrected chi connectivity index (χ3v) is 6.24. The SMILES string of the molecule is CCCCCOc1ccc(C2/C(=C(\O)c3ccc(OC)cc3)C(=O)C(=O)N2CCCOC)cc1OCC. The number of nitrogens with zero attached hydrogens (tertiary/aromatic N) is 1. The van der Waals surface area contributed by atoms with Gasteiger partial charge in [0.15, 0.2) is 11.5 Å². The van der Waals surface area contributed by atoms with Crippen molar-refractivity contribution in [3.05, 3.63) is 59.2 Å². The maximum atomic E-state index is 13.2. The Morgan fingerprint density at radius 1 is 0.919 bits per heavy atom. The molecular weight excluding hydrogens is 474 g/mol. The highest BCUT2D eigenvalue weighted by molar-refractivity contribution is 6.46. The first kappa shape index (κ1) is 28.1. The summed E-state index contributed by atoms with van der Waals surface area (Å²) in [6, 6.07) is 11.3. The maximum Gasteiger partial charge on any atom is 0.295 e. The lowest BCUT2D eigenvalue weighted by atomic mass is 9.95. The smallest absolute Gasteiger partial charge is 0.295 e. The van der Waals surface area contributed by atoms with Crippen LogP contribution in [0.2, 0.25) is 0 Å². The minimum atomic E-state index is -0.785. The van der Waals surface area contributed by atoms with Gasteiger partial charge in [0.25, 0.3) is 11.7 Å². The monoisotopic (exact) mass is 511 g/mol. The van der Waals surface area contributed by atoms with Crippen LogP contribution >= 0.6 is 0 Å². The molecule has 1 saturated heterocycles. The summed E-state index contributed by atoms with van der Waals surface area (Å²) in [5, 5.41) is 11.2. The Morgan fingerprint density at radius 3 is 2.32 bits per heavy atom. The van der Waals surface area contributed by atoms with Crippen LogP contribution in [0.4, 0.5) is 0 Å². The molecular formula is C29H37NO7. The van der Waals surface area contributed by atoms with Gasteiger partial charge in [0.1, 0.15) is 11.5 Å². The standard InChI is InChI=1S/C29H37NO7/c1-5-7-8-18-37-23-15-12-21(19-24(23)36-6-2)26-25(27(31)20-10-13-22(35-4)14-11-20)28(32)29(33)30(26)16-9-17-34-3/h10-15,19,26,31H,5-9,16-18H2,1-4H3/b27-25+. The zero-order valence-corrected chi connectivity index (χ0v) is 22.1. The Balaban J connectivity index is 2.06. The van der Waals surface area contributed by atoms with Gasteiger partial charge >= 0.3 is 0 Å². The number of hydrogen-bond donors (Lipinski definition) is 1. The molecule has 8 nitrogen and oxygen atoms in total. The van der Waals surface area contributed by atoms with E-state index in [9.17, 15) is 14.7 Å². The van der Waals surface area contributed by atoms with Gasteiger partial charge in [-0.1, -0.05) is 25.8 Å². The highest BCUT2D eigenvalue weighted by atomic mass is 16.5. The van der Waals surface area contributed by atoms with Crippen LogP contribution in [0.3, 0.4) is 0 Å². The highest BCUT2D eigenvalue weighted by Gasteiger charge is 2.46. The molecule has 0 spiro atoms. The second kappa shape index (κ2) is 13.7. The van der Waals surface area contributed by atoms with E-state index >= 15 is 0 Å². The first-order valence-corrected chi connectivity index (χ1v) is 12.8. The van der Waals surface area contributed by atoms with E-state index in [1.165, 1.54) is 4.90 Å². The number of likely N-dealkylation sites (tertiary alicyclic amines) is 1. The molecule has 0 bridgehead atoms. The van der Waals surface area contributed by atoms with E-state index < -0.39 is 17.7 Å². The van der Waals surface area contributed by atoms with E-state index in [1.54, 1.807) is 50.6 Å². The fourth-order valence-electron chi connectivity index (χ4n) is 4.36. The fraction of sp³-hybridized carbons (Fsp3) is 0.448. The summed E-state index contributed by atoms with van der Waals surface area (Å²) in [7, 11) is 3.14. The zero-order chi connectivity index (χ0) is 26.8. The molecule has 1 fully saturated rings. The Morgan fingerprint density at radius 2 is 1.68 bits per heavy atom. The van der Waals surface area contributed by atoms with Gasteiger partial charge < -0.3 is 29.0 Å². The number of carbonyl (C=O) groups is 2. The van der Waals surface area contributed by atoms with Crippen LogP contribution < -0.4 is 14.2 Å². The number of ether oxygens (including phenoxy) is 4. The number of carbonyl (C=O) groups excluding carboxylic acids is 2. The van der Waals surface area contributed by atoms with Gasteiger partial charge in [0.05, 0.1) is 31.9 Å². The van der Waals surface area contributed by atoms with Crippen LogP contribution in [0.5, 0.6) is 17.2 Å². The summed E-state index contributed by atoms with van der Waals surface area (Å²) < 4.78 is 22.2. The zero-order valence-electron chi connectivity index (χ0n) is 22.1. The van der Waals surface area contributed by atoms with Gasteiger partial charge in [-0.2, -0.15) is 0 Å². The molecule has 37 heavy (non-hydrogen) atoms.